The number of hydrogen-bond acceptors (Lipinski definition) is 3. The molecule has 8 heteroatoms. The normalized spacial score (nSPS) is 14.4. The molecule has 1 saturated carbocycles. The summed E-state index contributed by atoms with van der Waals surface area (Å²) in [4.78, 5) is 14.7. The van der Waals surface area contributed by atoms with E-state index in [1.165, 1.54) is 38.4 Å². The monoisotopic (exact) mass is 410 g/mol. The first-order valence-corrected chi connectivity index (χ1v) is 10.3. The molecule has 5 nitrogen and oxygen atoms in total. The Labute approximate surface area is 163 Å². The number of carbonyl (C=O) groups is 1. The van der Waals surface area contributed by atoms with E-state index in [1.54, 1.807) is 23.1 Å². The predicted molar refractivity (Wildman–Crippen MR) is 102 cm³/mol. The summed E-state index contributed by atoms with van der Waals surface area (Å²) < 4.78 is 39.9. The molecule has 1 aliphatic carbocycles. The van der Waals surface area contributed by atoms with E-state index in [1.807, 2.05) is 0 Å². The molecule has 0 atom stereocenters. The minimum Gasteiger partial charge on any atom is -0.331 e. The fraction of sp³-hybridized carbons (Fsp3) is 0.316. The van der Waals surface area contributed by atoms with E-state index in [9.17, 15) is 17.6 Å². The summed E-state index contributed by atoms with van der Waals surface area (Å²) in [6.07, 6.45) is 1.65. The Kier molecular flexibility index (Phi) is 5.55. The third-order valence-corrected chi connectivity index (χ3v) is 6.63. The highest BCUT2D eigenvalue weighted by Gasteiger charge is 2.34. The number of benzene rings is 2. The van der Waals surface area contributed by atoms with Crippen LogP contribution < -0.4 is 0 Å². The highest BCUT2D eigenvalue weighted by atomic mass is 35.5. The average molecular weight is 411 g/mol. The van der Waals surface area contributed by atoms with Crippen molar-refractivity contribution in [2.75, 3.05) is 14.1 Å². The van der Waals surface area contributed by atoms with Gasteiger partial charge in [0.2, 0.25) is 10.0 Å². The van der Waals surface area contributed by atoms with Gasteiger partial charge in [-0.25, -0.2) is 17.1 Å². The lowest BCUT2D eigenvalue weighted by Crippen LogP contribution is -2.33. The van der Waals surface area contributed by atoms with Crippen molar-refractivity contribution in [3.8, 4) is 0 Å². The Morgan fingerprint density at radius 1 is 1.19 bits per heavy atom. The lowest BCUT2D eigenvalue weighted by Gasteiger charge is -2.24. The number of rotatable bonds is 6. The standard InChI is InChI=1S/C19H20ClFN2O3S/c1-22(2)27(25,26)15-9-10-17(20)16(11-15)19(24)23(14-7-8-14)12-13-5-3-4-6-18(13)21/h3-6,9-11,14H,7-8,12H2,1-2H3. The van der Waals surface area contributed by atoms with Crippen molar-refractivity contribution in [3.63, 3.8) is 0 Å². The summed E-state index contributed by atoms with van der Waals surface area (Å²) in [5.41, 5.74) is 0.508. The summed E-state index contributed by atoms with van der Waals surface area (Å²) in [7, 11) is -0.868. The molecule has 27 heavy (non-hydrogen) atoms. The molecule has 0 unspecified atom stereocenters. The summed E-state index contributed by atoms with van der Waals surface area (Å²) in [5.74, 6) is -0.785. The molecular weight excluding hydrogens is 391 g/mol. The van der Waals surface area contributed by atoms with E-state index in [4.69, 9.17) is 11.6 Å². The zero-order valence-electron chi connectivity index (χ0n) is 15.0. The fourth-order valence-electron chi connectivity index (χ4n) is 2.76. The molecule has 2 aromatic carbocycles. The van der Waals surface area contributed by atoms with E-state index < -0.39 is 15.9 Å². The largest absolute Gasteiger partial charge is 0.331 e. The van der Waals surface area contributed by atoms with Crippen LogP contribution in [0, 0.1) is 5.82 Å². The van der Waals surface area contributed by atoms with Crippen molar-refractivity contribution in [2.45, 2.75) is 30.3 Å². The summed E-state index contributed by atoms with van der Waals surface area (Å²) >= 11 is 6.19. The molecule has 0 aromatic heterocycles. The van der Waals surface area contributed by atoms with Gasteiger partial charge < -0.3 is 4.90 Å². The minimum absolute atomic E-state index is 0.00212. The highest BCUT2D eigenvalue weighted by Crippen LogP contribution is 2.32. The van der Waals surface area contributed by atoms with Gasteiger partial charge in [-0.15, -0.1) is 0 Å². The van der Waals surface area contributed by atoms with Crippen LogP contribution in [-0.4, -0.2) is 43.7 Å². The number of nitrogens with zero attached hydrogens (tertiary/aromatic N) is 2. The smallest absolute Gasteiger partial charge is 0.255 e. The van der Waals surface area contributed by atoms with Crippen LogP contribution >= 0.6 is 11.6 Å². The van der Waals surface area contributed by atoms with Gasteiger partial charge in [0, 0.05) is 32.2 Å². The SMILES string of the molecule is CN(C)S(=O)(=O)c1ccc(Cl)c(C(=O)N(Cc2ccccc2F)C2CC2)c1. The summed E-state index contributed by atoms with van der Waals surface area (Å²) in [6, 6.07) is 10.3. The van der Waals surface area contributed by atoms with E-state index in [-0.39, 0.29) is 33.9 Å². The number of sulfonamides is 1. The van der Waals surface area contributed by atoms with Gasteiger partial charge in [0.1, 0.15) is 5.82 Å². The Morgan fingerprint density at radius 2 is 1.85 bits per heavy atom. The molecule has 3 rings (SSSR count). The van der Waals surface area contributed by atoms with Crippen molar-refractivity contribution >= 4 is 27.5 Å². The van der Waals surface area contributed by atoms with E-state index in [0.29, 0.717) is 5.56 Å². The predicted octanol–water partition coefficient (Wildman–Crippen LogP) is 3.53. The Hall–Kier alpha value is -1.96. The molecule has 0 radical (unpaired) electrons. The molecule has 0 saturated heterocycles. The lowest BCUT2D eigenvalue weighted by atomic mass is 10.1. The van der Waals surface area contributed by atoms with Gasteiger partial charge in [-0.3, -0.25) is 4.79 Å². The molecular formula is C19H20ClFN2O3S. The third-order valence-electron chi connectivity index (χ3n) is 4.49. The number of halogens is 2. The van der Waals surface area contributed by atoms with Gasteiger partial charge in [-0.2, -0.15) is 0 Å². The van der Waals surface area contributed by atoms with Gasteiger partial charge in [0.05, 0.1) is 15.5 Å². The maximum atomic E-state index is 14.0. The van der Waals surface area contributed by atoms with E-state index >= 15 is 0 Å². The van der Waals surface area contributed by atoms with Crippen LogP contribution in [0.25, 0.3) is 0 Å². The second kappa shape index (κ2) is 7.58. The van der Waals surface area contributed by atoms with Crippen LogP contribution in [0.15, 0.2) is 47.4 Å². The molecule has 0 spiro atoms. The first-order chi connectivity index (χ1) is 12.7. The second-order valence-electron chi connectivity index (χ2n) is 6.68. The maximum absolute atomic E-state index is 14.0. The number of hydrogen-bond donors (Lipinski definition) is 0. The molecule has 1 fully saturated rings. The number of amides is 1. The molecule has 0 aliphatic heterocycles. The average Bonchev–Trinajstić information content (AvgIpc) is 3.45. The zero-order valence-corrected chi connectivity index (χ0v) is 16.6. The first kappa shape index (κ1) is 19.8. The molecule has 0 bridgehead atoms. The van der Waals surface area contributed by atoms with Crippen LogP contribution in [0.2, 0.25) is 5.02 Å². The van der Waals surface area contributed by atoms with Crippen LogP contribution in [0.3, 0.4) is 0 Å². The first-order valence-electron chi connectivity index (χ1n) is 8.48. The van der Waals surface area contributed by atoms with Gasteiger partial charge in [0.15, 0.2) is 0 Å². The third kappa shape index (κ3) is 4.15. The molecule has 2 aromatic rings. The van der Waals surface area contributed by atoms with Crippen molar-refractivity contribution < 1.29 is 17.6 Å². The van der Waals surface area contributed by atoms with Crippen molar-refractivity contribution in [2.24, 2.45) is 0 Å². The highest BCUT2D eigenvalue weighted by molar-refractivity contribution is 7.89. The Bertz CT molecular complexity index is 975. The van der Waals surface area contributed by atoms with Crippen molar-refractivity contribution in [3.05, 3.63) is 64.4 Å². The van der Waals surface area contributed by atoms with Crippen LogP contribution in [0.1, 0.15) is 28.8 Å². The van der Waals surface area contributed by atoms with Crippen LogP contribution in [0.4, 0.5) is 4.39 Å². The molecule has 0 heterocycles. The van der Waals surface area contributed by atoms with Gasteiger partial charge in [0.25, 0.3) is 5.91 Å². The minimum atomic E-state index is -3.70. The molecule has 144 valence electrons. The number of carbonyl (C=O) groups excluding carboxylic acids is 1. The van der Waals surface area contributed by atoms with Gasteiger partial charge >= 0.3 is 0 Å². The van der Waals surface area contributed by atoms with E-state index in [0.717, 1.165) is 17.1 Å². The Morgan fingerprint density at radius 3 is 2.44 bits per heavy atom. The zero-order chi connectivity index (χ0) is 19.8. The maximum Gasteiger partial charge on any atom is 0.255 e. The lowest BCUT2D eigenvalue weighted by molar-refractivity contribution is 0.0728. The molecule has 1 aliphatic rings. The quantitative estimate of drug-likeness (QED) is 0.732. The van der Waals surface area contributed by atoms with E-state index in [2.05, 4.69) is 0 Å². The fourth-order valence-corrected chi connectivity index (χ4v) is 3.88. The van der Waals surface area contributed by atoms with Gasteiger partial charge in [-0.05, 0) is 37.1 Å². The van der Waals surface area contributed by atoms with Gasteiger partial charge in [-0.1, -0.05) is 29.8 Å². The van der Waals surface area contributed by atoms with Crippen LogP contribution in [-0.2, 0) is 16.6 Å². The summed E-state index contributed by atoms with van der Waals surface area (Å²) in [5, 5.41) is 0.164. The molecule has 0 N–H and O–H groups in total. The summed E-state index contributed by atoms with van der Waals surface area (Å²) in [6.45, 7) is 0.108. The van der Waals surface area contributed by atoms with Crippen molar-refractivity contribution in [1.29, 1.82) is 0 Å². The Balaban J connectivity index is 1.96. The van der Waals surface area contributed by atoms with Crippen LogP contribution in [0.5, 0.6) is 0 Å². The van der Waals surface area contributed by atoms with Crippen molar-refractivity contribution in [1.82, 2.24) is 9.21 Å². The second-order valence-corrected chi connectivity index (χ2v) is 9.24. The topological polar surface area (TPSA) is 57.7 Å². The molecule has 1 amide bonds.